The van der Waals surface area contributed by atoms with Gasteiger partial charge < -0.3 is 4.42 Å². The smallest absolute Gasteiger partial charge is 0.133 e. The Bertz CT molecular complexity index is 761. The second-order valence-corrected chi connectivity index (χ2v) is 7.97. The lowest BCUT2D eigenvalue weighted by Crippen LogP contribution is -2.15. The molecule has 3 atom stereocenters. The average Bonchev–Trinajstić information content (AvgIpc) is 3.38. The Balaban J connectivity index is 1.42. The molecule has 1 fully saturated rings. The van der Waals surface area contributed by atoms with Crippen LogP contribution in [0.4, 0.5) is 4.39 Å². The van der Waals surface area contributed by atoms with Gasteiger partial charge in [-0.25, -0.2) is 4.39 Å². The van der Waals surface area contributed by atoms with Crippen molar-refractivity contribution in [3.8, 4) is 11.3 Å². The number of thiophene rings is 1. The molecule has 1 aromatic carbocycles. The molecule has 2 heterocycles. The second-order valence-electron chi connectivity index (χ2n) is 6.93. The van der Waals surface area contributed by atoms with Crippen molar-refractivity contribution in [3.05, 3.63) is 70.6 Å². The van der Waals surface area contributed by atoms with Crippen LogP contribution < -0.4 is 0 Å². The first kappa shape index (κ1) is 16.6. The summed E-state index contributed by atoms with van der Waals surface area (Å²) in [6.07, 6.45) is 5.83. The summed E-state index contributed by atoms with van der Waals surface area (Å²) in [4.78, 5) is 1.41. The van der Waals surface area contributed by atoms with E-state index in [0.29, 0.717) is 12.3 Å². The minimum absolute atomic E-state index is 0.162. The van der Waals surface area contributed by atoms with E-state index >= 15 is 0 Å². The highest BCUT2D eigenvalue weighted by Gasteiger charge is 2.36. The van der Waals surface area contributed by atoms with Gasteiger partial charge in [0.2, 0.25) is 0 Å². The number of hydrogen-bond donors (Lipinski definition) is 0. The summed E-state index contributed by atoms with van der Waals surface area (Å²) in [5.74, 6) is 1.40. The van der Waals surface area contributed by atoms with E-state index in [9.17, 15) is 4.39 Å². The average molecular weight is 354 g/mol. The quantitative estimate of drug-likeness (QED) is 0.471. The van der Waals surface area contributed by atoms with E-state index in [-0.39, 0.29) is 5.92 Å². The van der Waals surface area contributed by atoms with Crippen molar-refractivity contribution in [2.45, 2.75) is 44.2 Å². The molecule has 4 rings (SSSR count). The number of aryl methyl sites for hydroxylation is 1. The second kappa shape index (κ2) is 7.57. The minimum atomic E-state index is -0.655. The molecule has 2 aromatic heterocycles. The monoisotopic (exact) mass is 354 g/mol. The van der Waals surface area contributed by atoms with Crippen LogP contribution in [0.1, 0.15) is 42.0 Å². The first-order chi connectivity index (χ1) is 12.3. The van der Waals surface area contributed by atoms with Crippen molar-refractivity contribution in [2.24, 2.45) is 5.92 Å². The molecule has 0 saturated heterocycles. The van der Waals surface area contributed by atoms with E-state index in [2.05, 4.69) is 41.8 Å². The zero-order chi connectivity index (χ0) is 17.1. The van der Waals surface area contributed by atoms with Gasteiger partial charge in [-0.3, -0.25) is 0 Å². The molecule has 1 aliphatic rings. The van der Waals surface area contributed by atoms with Crippen molar-refractivity contribution in [1.82, 2.24) is 0 Å². The molecule has 1 saturated carbocycles. The molecule has 0 amide bonds. The summed E-state index contributed by atoms with van der Waals surface area (Å²) in [6, 6.07) is 16.7. The molecule has 3 unspecified atom stereocenters. The van der Waals surface area contributed by atoms with Crippen LogP contribution in [0.2, 0.25) is 0 Å². The Labute approximate surface area is 152 Å². The molecule has 0 spiro atoms. The molecule has 0 aliphatic heterocycles. The van der Waals surface area contributed by atoms with E-state index in [0.717, 1.165) is 37.0 Å². The lowest BCUT2D eigenvalue weighted by molar-refractivity contribution is 0.237. The van der Waals surface area contributed by atoms with Crippen LogP contribution in [0, 0.1) is 5.92 Å². The summed E-state index contributed by atoms with van der Waals surface area (Å²) >= 11 is 1.80. The molecule has 130 valence electrons. The highest BCUT2D eigenvalue weighted by atomic mass is 32.1. The molecular weight excluding hydrogens is 331 g/mol. The summed E-state index contributed by atoms with van der Waals surface area (Å²) < 4.78 is 19.9. The first-order valence-corrected chi connectivity index (χ1v) is 9.99. The summed E-state index contributed by atoms with van der Waals surface area (Å²) in [5, 5.41) is 2.12. The Hall–Kier alpha value is -1.87. The Morgan fingerprint density at radius 3 is 2.64 bits per heavy atom. The summed E-state index contributed by atoms with van der Waals surface area (Å²) in [7, 11) is 0. The fourth-order valence-corrected chi connectivity index (χ4v) is 4.87. The van der Waals surface area contributed by atoms with Crippen molar-refractivity contribution >= 4 is 11.3 Å². The van der Waals surface area contributed by atoms with Crippen LogP contribution in [-0.2, 0) is 6.42 Å². The fourth-order valence-electron chi connectivity index (χ4n) is 4.12. The van der Waals surface area contributed by atoms with Gasteiger partial charge in [-0.05, 0) is 73.1 Å². The fraction of sp³-hybridized carbons (Fsp3) is 0.364. The minimum Gasteiger partial charge on any atom is -0.464 e. The first-order valence-electron chi connectivity index (χ1n) is 9.11. The van der Waals surface area contributed by atoms with Crippen LogP contribution in [-0.4, -0.2) is 6.17 Å². The SMILES string of the molecule is FC1CCC(c2ccc(-c3ccco3)cc2)C1CCCc1cccs1. The van der Waals surface area contributed by atoms with E-state index in [1.807, 2.05) is 12.1 Å². The standard InChI is InChI=1S/C22H23FOS/c23-21-13-12-19(20(21)6-1-4-18-5-3-15-25-18)16-8-10-17(11-9-16)22-7-2-14-24-22/h2-3,5,7-11,14-15,19-21H,1,4,6,12-13H2. The normalized spacial score (nSPS) is 23.2. The Morgan fingerprint density at radius 1 is 1.04 bits per heavy atom. The predicted molar refractivity (Wildman–Crippen MR) is 102 cm³/mol. The third kappa shape index (κ3) is 3.72. The number of rotatable bonds is 6. The van der Waals surface area contributed by atoms with Gasteiger partial charge >= 0.3 is 0 Å². The molecule has 1 nitrogen and oxygen atoms in total. The summed E-state index contributed by atoms with van der Waals surface area (Å²) in [6.45, 7) is 0. The van der Waals surface area contributed by atoms with Crippen molar-refractivity contribution < 1.29 is 8.81 Å². The van der Waals surface area contributed by atoms with Gasteiger partial charge in [0.05, 0.1) is 6.26 Å². The zero-order valence-corrected chi connectivity index (χ0v) is 15.1. The van der Waals surface area contributed by atoms with Crippen molar-refractivity contribution in [3.63, 3.8) is 0 Å². The highest BCUT2D eigenvalue weighted by molar-refractivity contribution is 7.09. The van der Waals surface area contributed by atoms with Crippen LogP contribution in [0.3, 0.4) is 0 Å². The van der Waals surface area contributed by atoms with E-state index < -0.39 is 6.17 Å². The number of halogens is 1. The molecule has 0 N–H and O–H groups in total. The van der Waals surface area contributed by atoms with Gasteiger partial charge in [0.25, 0.3) is 0 Å². The van der Waals surface area contributed by atoms with E-state index in [1.54, 1.807) is 17.6 Å². The van der Waals surface area contributed by atoms with Crippen molar-refractivity contribution in [2.75, 3.05) is 0 Å². The Kier molecular flexibility index (Phi) is 5.02. The van der Waals surface area contributed by atoms with Gasteiger partial charge in [-0.2, -0.15) is 0 Å². The number of alkyl halides is 1. The number of furan rings is 1. The largest absolute Gasteiger partial charge is 0.464 e. The molecular formula is C22H23FOS. The van der Waals surface area contributed by atoms with Crippen LogP contribution >= 0.6 is 11.3 Å². The highest BCUT2D eigenvalue weighted by Crippen LogP contribution is 2.44. The maximum atomic E-state index is 14.5. The van der Waals surface area contributed by atoms with Gasteiger partial charge in [-0.1, -0.05) is 30.3 Å². The third-order valence-corrected chi connectivity index (χ3v) is 6.36. The molecule has 25 heavy (non-hydrogen) atoms. The molecule has 0 radical (unpaired) electrons. The van der Waals surface area contributed by atoms with E-state index in [1.165, 1.54) is 10.4 Å². The zero-order valence-electron chi connectivity index (χ0n) is 14.2. The number of benzene rings is 1. The maximum absolute atomic E-state index is 14.5. The third-order valence-electron chi connectivity index (χ3n) is 5.42. The molecule has 0 bridgehead atoms. The van der Waals surface area contributed by atoms with Crippen LogP contribution in [0.25, 0.3) is 11.3 Å². The van der Waals surface area contributed by atoms with Crippen LogP contribution in [0.5, 0.6) is 0 Å². The lowest BCUT2D eigenvalue weighted by Gasteiger charge is -2.21. The van der Waals surface area contributed by atoms with Crippen molar-refractivity contribution in [1.29, 1.82) is 0 Å². The summed E-state index contributed by atoms with van der Waals surface area (Å²) in [5.41, 5.74) is 2.36. The number of hydrogen-bond acceptors (Lipinski definition) is 2. The Morgan fingerprint density at radius 2 is 1.92 bits per heavy atom. The van der Waals surface area contributed by atoms with Gasteiger partial charge in [-0.15, -0.1) is 11.3 Å². The van der Waals surface area contributed by atoms with Crippen LogP contribution in [0.15, 0.2) is 64.6 Å². The van der Waals surface area contributed by atoms with Gasteiger partial charge in [0, 0.05) is 10.4 Å². The molecule has 1 aliphatic carbocycles. The van der Waals surface area contributed by atoms with Gasteiger partial charge in [0.15, 0.2) is 0 Å². The topological polar surface area (TPSA) is 13.1 Å². The molecule has 3 heteroatoms. The predicted octanol–water partition coefficient (Wildman–Crippen LogP) is 6.86. The van der Waals surface area contributed by atoms with E-state index in [4.69, 9.17) is 4.42 Å². The molecule has 3 aromatic rings. The lowest BCUT2D eigenvalue weighted by atomic mass is 9.84. The maximum Gasteiger partial charge on any atom is 0.133 e. The van der Waals surface area contributed by atoms with Gasteiger partial charge in [0.1, 0.15) is 11.9 Å².